The first-order chi connectivity index (χ1) is 15.5. The molecule has 0 fully saturated rings. The Morgan fingerprint density at radius 1 is 1.28 bits per heavy atom. The molecular weight excluding hydrogens is 422 g/mol. The van der Waals surface area contributed by atoms with Crippen LogP contribution in [0.4, 0.5) is 5.69 Å². The number of anilines is 1. The molecule has 2 N–H and O–H groups in total. The number of hydrogen-bond donors (Lipinski definition) is 2. The van der Waals surface area contributed by atoms with E-state index in [1.165, 1.54) is 11.8 Å². The van der Waals surface area contributed by atoms with Gasteiger partial charge < -0.3 is 15.1 Å². The zero-order chi connectivity index (χ0) is 22.7. The highest BCUT2D eigenvalue weighted by Gasteiger charge is 2.38. The summed E-state index contributed by atoms with van der Waals surface area (Å²) in [5, 5.41) is 16.9. The second kappa shape index (κ2) is 9.49. The lowest BCUT2D eigenvalue weighted by Gasteiger charge is -2.32. The highest BCUT2D eigenvalue weighted by molar-refractivity contribution is 8.03. The van der Waals surface area contributed by atoms with Gasteiger partial charge in [-0.15, -0.1) is 0 Å². The van der Waals surface area contributed by atoms with Crippen molar-refractivity contribution in [1.82, 2.24) is 5.32 Å². The summed E-state index contributed by atoms with van der Waals surface area (Å²) >= 11 is 1.28. The fourth-order valence-corrected chi connectivity index (χ4v) is 5.07. The molecule has 1 amide bonds. The Hall–Kier alpha value is -3.24. The van der Waals surface area contributed by atoms with Crippen molar-refractivity contribution in [3.8, 4) is 6.07 Å². The van der Waals surface area contributed by atoms with Gasteiger partial charge in [0.05, 0.1) is 28.3 Å². The number of nitriles is 1. The molecule has 0 bridgehead atoms. The molecule has 0 saturated carbocycles. The lowest BCUT2D eigenvalue weighted by molar-refractivity contribution is -0.116. The molecule has 1 aliphatic heterocycles. The number of furan rings is 1. The Morgan fingerprint density at radius 3 is 2.81 bits per heavy atom. The van der Waals surface area contributed by atoms with E-state index in [4.69, 9.17) is 4.42 Å². The molecule has 2 aromatic rings. The predicted octanol–water partition coefficient (Wildman–Crippen LogP) is 4.95. The van der Waals surface area contributed by atoms with E-state index in [-0.39, 0.29) is 17.4 Å². The van der Waals surface area contributed by atoms with Crippen LogP contribution in [0.15, 0.2) is 62.7 Å². The Balaban J connectivity index is 1.59. The van der Waals surface area contributed by atoms with Crippen LogP contribution in [0.25, 0.3) is 0 Å². The molecule has 0 spiro atoms. The third-order valence-corrected chi connectivity index (χ3v) is 6.75. The fraction of sp³-hybridized carbons (Fsp3) is 0.320. The molecule has 6 nitrogen and oxygen atoms in total. The zero-order valence-electron chi connectivity index (χ0n) is 18.2. The summed E-state index contributed by atoms with van der Waals surface area (Å²) in [5.41, 5.74) is 3.74. The lowest BCUT2D eigenvalue weighted by atomic mass is 9.79. The molecule has 1 aromatic heterocycles. The van der Waals surface area contributed by atoms with Crippen LogP contribution in [0.2, 0.25) is 0 Å². The number of ketones is 1. The maximum Gasteiger partial charge on any atom is 0.234 e. The number of allylic oxidation sites excluding steroid dienone is 3. The molecular formula is C25H25N3O3S. The molecule has 0 saturated heterocycles. The number of dihydropyridines is 1. The molecule has 164 valence electrons. The predicted molar refractivity (Wildman–Crippen MR) is 125 cm³/mol. The molecule has 2 heterocycles. The fourth-order valence-electron chi connectivity index (χ4n) is 4.21. The van der Waals surface area contributed by atoms with E-state index in [9.17, 15) is 14.9 Å². The number of amides is 1. The summed E-state index contributed by atoms with van der Waals surface area (Å²) in [6.07, 6.45) is 2.79. The van der Waals surface area contributed by atoms with Gasteiger partial charge in [-0.1, -0.05) is 36.9 Å². The first-order valence-corrected chi connectivity index (χ1v) is 11.7. The number of carbonyl (C=O) groups is 2. The number of hydrogen-bond acceptors (Lipinski definition) is 6. The normalized spacial score (nSPS) is 18.2. The number of para-hydroxylation sites is 1. The summed E-state index contributed by atoms with van der Waals surface area (Å²) in [5.74, 6) is 0.818. The topological polar surface area (TPSA) is 95.1 Å². The van der Waals surface area contributed by atoms with Gasteiger partial charge in [-0.2, -0.15) is 5.26 Å². The van der Waals surface area contributed by atoms with E-state index in [1.54, 1.807) is 0 Å². The minimum absolute atomic E-state index is 0.0449. The highest BCUT2D eigenvalue weighted by Crippen LogP contribution is 2.44. The van der Waals surface area contributed by atoms with Crippen LogP contribution in [0, 0.1) is 18.3 Å². The van der Waals surface area contributed by atoms with Crippen LogP contribution >= 0.6 is 11.8 Å². The maximum absolute atomic E-state index is 12.8. The minimum Gasteiger partial charge on any atom is -0.465 e. The Bertz CT molecular complexity index is 1170. The van der Waals surface area contributed by atoms with Crippen LogP contribution in [-0.4, -0.2) is 17.4 Å². The molecule has 32 heavy (non-hydrogen) atoms. The largest absolute Gasteiger partial charge is 0.465 e. The third-order valence-electron chi connectivity index (χ3n) is 5.73. The highest BCUT2D eigenvalue weighted by atomic mass is 32.2. The van der Waals surface area contributed by atoms with Crippen molar-refractivity contribution in [2.24, 2.45) is 0 Å². The molecule has 2 aliphatic rings. The first kappa shape index (κ1) is 22.0. The van der Waals surface area contributed by atoms with Gasteiger partial charge in [-0.25, -0.2) is 0 Å². The second-order valence-corrected chi connectivity index (χ2v) is 8.86. The number of aryl methyl sites for hydroxylation is 2. The minimum atomic E-state index is -0.538. The van der Waals surface area contributed by atoms with Gasteiger partial charge in [0.1, 0.15) is 11.5 Å². The monoisotopic (exact) mass is 447 g/mol. The second-order valence-electron chi connectivity index (χ2n) is 7.88. The lowest BCUT2D eigenvalue weighted by Crippen LogP contribution is -2.31. The van der Waals surface area contributed by atoms with Crippen molar-refractivity contribution in [2.75, 3.05) is 11.1 Å². The van der Waals surface area contributed by atoms with Gasteiger partial charge in [-0.05, 0) is 49.9 Å². The van der Waals surface area contributed by atoms with Gasteiger partial charge in [0.15, 0.2) is 5.78 Å². The van der Waals surface area contributed by atoms with E-state index in [0.717, 1.165) is 42.0 Å². The quantitative estimate of drug-likeness (QED) is 0.650. The molecule has 1 aromatic carbocycles. The third kappa shape index (κ3) is 4.37. The van der Waals surface area contributed by atoms with Gasteiger partial charge in [0.2, 0.25) is 5.91 Å². The summed E-state index contributed by atoms with van der Waals surface area (Å²) in [6, 6.07) is 13.7. The van der Waals surface area contributed by atoms with Crippen molar-refractivity contribution in [1.29, 1.82) is 5.26 Å². The Morgan fingerprint density at radius 2 is 2.09 bits per heavy atom. The molecule has 4 rings (SSSR count). The SMILES string of the molecule is CCc1ccccc1NC(=O)CSC1=C(C#N)C(c2ccc(C)o2)C2=C(CCCC2=O)N1. The number of nitrogens with zero attached hydrogens (tertiary/aromatic N) is 1. The summed E-state index contributed by atoms with van der Waals surface area (Å²) in [6.45, 7) is 3.88. The molecule has 7 heteroatoms. The smallest absolute Gasteiger partial charge is 0.234 e. The van der Waals surface area contributed by atoms with Crippen molar-refractivity contribution in [2.45, 2.75) is 45.4 Å². The molecule has 1 aliphatic carbocycles. The summed E-state index contributed by atoms with van der Waals surface area (Å²) in [7, 11) is 0. The molecule has 1 atom stereocenters. The van der Waals surface area contributed by atoms with E-state index in [2.05, 4.69) is 16.7 Å². The van der Waals surface area contributed by atoms with Gasteiger partial charge in [-0.3, -0.25) is 9.59 Å². The maximum atomic E-state index is 12.8. The number of nitrogens with one attached hydrogen (secondary N) is 2. The van der Waals surface area contributed by atoms with Gasteiger partial charge in [0, 0.05) is 23.4 Å². The van der Waals surface area contributed by atoms with Gasteiger partial charge >= 0.3 is 0 Å². The van der Waals surface area contributed by atoms with Crippen molar-refractivity contribution in [3.05, 3.63) is 75.4 Å². The first-order valence-electron chi connectivity index (χ1n) is 10.8. The Labute approximate surface area is 191 Å². The van der Waals surface area contributed by atoms with Crippen molar-refractivity contribution >= 4 is 29.1 Å². The van der Waals surface area contributed by atoms with E-state index in [0.29, 0.717) is 28.4 Å². The molecule has 0 radical (unpaired) electrons. The average Bonchev–Trinajstić information content (AvgIpc) is 3.23. The van der Waals surface area contributed by atoms with E-state index < -0.39 is 5.92 Å². The Kier molecular flexibility index (Phi) is 6.52. The van der Waals surface area contributed by atoms with Crippen molar-refractivity contribution in [3.63, 3.8) is 0 Å². The zero-order valence-corrected chi connectivity index (χ0v) is 19.0. The average molecular weight is 448 g/mol. The van der Waals surface area contributed by atoms with Crippen LogP contribution in [0.3, 0.4) is 0 Å². The number of benzene rings is 1. The summed E-state index contributed by atoms with van der Waals surface area (Å²) < 4.78 is 5.84. The van der Waals surface area contributed by atoms with Crippen LogP contribution in [-0.2, 0) is 16.0 Å². The van der Waals surface area contributed by atoms with Crippen molar-refractivity contribution < 1.29 is 14.0 Å². The van der Waals surface area contributed by atoms with E-state index >= 15 is 0 Å². The summed E-state index contributed by atoms with van der Waals surface area (Å²) in [4.78, 5) is 25.4. The molecule has 1 unspecified atom stereocenters. The number of Topliss-reactive ketones (excluding diaryl/α,β-unsaturated/α-hetero) is 1. The number of rotatable bonds is 6. The van der Waals surface area contributed by atoms with Crippen LogP contribution < -0.4 is 10.6 Å². The van der Waals surface area contributed by atoms with Crippen LogP contribution in [0.5, 0.6) is 0 Å². The van der Waals surface area contributed by atoms with Crippen LogP contribution in [0.1, 0.15) is 49.2 Å². The van der Waals surface area contributed by atoms with Gasteiger partial charge in [0.25, 0.3) is 0 Å². The number of carbonyl (C=O) groups excluding carboxylic acids is 2. The number of thioether (sulfide) groups is 1. The standard InChI is InChI=1S/C25H25N3O3S/c1-3-16-7-4-5-8-18(16)27-22(30)14-32-25-17(13-26)23(21-12-11-15(2)31-21)24-19(28-25)9-6-10-20(24)29/h4-5,7-8,11-12,23,28H,3,6,9-10,14H2,1-2H3,(H,27,30). The van der Waals surface area contributed by atoms with E-state index in [1.807, 2.05) is 50.2 Å².